The van der Waals surface area contributed by atoms with E-state index in [2.05, 4.69) is 0 Å². The Morgan fingerprint density at radius 2 is 1.03 bits per heavy atom. The van der Waals surface area contributed by atoms with Crippen molar-refractivity contribution < 1.29 is 26.3 Å². The fraction of sp³-hybridized carbons (Fsp3) is 0.0400. The first-order valence-corrected chi connectivity index (χ1v) is 20.1. The summed E-state index contributed by atoms with van der Waals surface area (Å²) in [6.45, 7) is 1.80. The molecule has 0 aliphatic heterocycles. The van der Waals surface area contributed by atoms with Gasteiger partial charge in [0.05, 0.1) is 4.90 Å². The molecule has 286 valence electrons. The smallest absolute Gasteiger partial charge is 0.238 e. The van der Waals surface area contributed by atoms with Gasteiger partial charge in [-0.2, -0.15) is 0 Å². The van der Waals surface area contributed by atoms with Crippen LogP contribution in [-0.2, 0) is 16.4 Å². The molecule has 8 rings (SSSR count). The van der Waals surface area contributed by atoms with Crippen LogP contribution in [0.5, 0.6) is 11.5 Å². The molecule has 0 saturated heterocycles. The zero-order valence-electron chi connectivity index (χ0n) is 31.3. The van der Waals surface area contributed by atoms with Crippen molar-refractivity contribution in [2.75, 3.05) is 0 Å². The predicted molar refractivity (Wildman–Crippen MR) is 225 cm³/mol. The molecule has 0 heterocycles. The Morgan fingerprint density at radius 3 is 1.62 bits per heavy atom. The van der Waals surface area contributed by atoms with Crippen LogP contribution in [0, 0.1) is 24.4 Å². The third-order valence-electron chi connectivity index (χ3n) is 10.1. The molecule has 8 heteroatoms. The van der Waals surface area contributed by atoms with E-state index in [1.54, 1.807) is 25.1 Å². The van der Waals surface area contributed by atoms with E-state index in [4.69, 9.17) is 9.88 Å². The summed E-state index contributed by atoms with van der Waals surface area (Å²) in [4.78, 5) is -0.0494. The molecule has 0 bridgehead atoms. The van der Waals surface area contributed by atoms with Crippen LogP contribution in [0.1, 0.15) is 16.7 Å². The van der Waals surface area contributed by atoms with Gasteiger partial charge in [-0.3, -0.25) is 0 Å². The van der Waals surface area contributed by atoms with Gasteiger partial charge >= 0.3 is 0 Å². The van der Waals surface area contributed by atoms with Gasteiger partial charge in [0, 0.05) is 17.2 Å². The van der Waals surface area contributed by atoms with Gasteiger partial charge in [0.25, 0.3) is 0 Å². The lowest BCUT2D eigenvalue weighted by atomic mass is 9.80. The molecule has 0 fully saturated rings. The number of primary sulfonamides is 1. The summed E-state index contributed by atoms with van der Waals surface area (Å²) in [5.74, 6) is -0.812. The second-order valence-electron chi connectivity index (χ2n) is 14.0. The van der Waals surface area contributed by atoms with E-state index in [0.29, 0.717) is 50.4 Å². The van der Waals surface area contributed by atoms with Crippen molar-refractivity contribution in [3.63, 3.8) is 0 Å². The highest BCUT2D eigenvalue weighted by atomic mass is 32.2. The summed E-state index contributed by atoms with van der Waals surface area (Å²) in [7, 11) is -4.04. The maximum atomic E-state index is 14.9. The average molecular weight is 788 g/mol. The number of benzene rings is 8. The monoisotopic (exact) mass is 787 g/mol. The lowest BCUT2D eigenvalue weighted by Crippen LogP contribution is -2.12. The van der Waals surface area contributed by atoms with E-state index >= 15 is 0 Å². The van der Waals surface area contributed by atoms with Gasteiger partial charge < -0.3 is 4.74 Å². The Labute approximate surface area is 335 Å². The van der Waals surface area contributed by atoms with Crippen molar-refractivity contribution in [3.8, 4) is 67.1 Å². The summed E-state index contributed by atoms with van der Waals surface area (Å²) >= 11 is 0. The predicted octanol–water partition coefficient (Wildman–Crippen LogP) is 12.8. The van der Waals surface area contributed by atoms with E-state index < -0.39 is 21.7 Å². The zero-order chi connectivity index (χ0) is 40.4. The number of hydrogen-bond donors (Lipinski definition) is 1. The molecule has 8 aromatic carbocycles. The molecule has 0 spiro atoms. The molecule has 0 amide bonds. The molecular formula is C50H36F3NO3S. The lowest BCUT2D eigenvalue weighted by Gasteiger charge is -2.26. The van der Waals surface area contributed by atoms with Crippen molar-refractivity contribution in [2.24, 2.45) is 5.14 Å². The fourth-order valence-electron chi connectivity index (χ4n) is 7.54. The summed E-state index contributed by atoms with van der Waals surface area (Å²) in [6, 6.07) is 51.4. The Balaban J connectivity index is 1.57. The number of rotatable bonds is 10. The number of ether oxygens (including phenoxy) is 1. The maximum absolute atomic E-state index is 14.9. The maximum Gasteiger partial charge on any atom is 0.238 e. The SMILES string of the molecule is Cc1cc(S(N)(=O)=O)ccc1-c1cc(Cc2cc(F)cc(F)c2)c(-c2ccccc2-c2ccccc2)c(Oc2ccccc2)c1-c1ccccc1-c1ccc(F)cc1. The van der Waals surface area contributed by atoms with Crippen LogP contribution >= 0.6 is 0 Å². The summed E-state index contributed by atoms with van der Waals surface area (Å²) in [5.41, 5.74) is 9.27. The van der Waals surface area contributed by atoms with Crippen molar-refractivity contribution >= 4 is 10.0 Å². The first kappa shape index (κ1) is 38.1. The van der Waals surface area contributed by atoms with E-state index in [1.165, 1.54) is 36.4 Å². The van der Waals surface area contributed by atoms with Crippen LogP contribution in [0.4, 0.5) is 13.2 Å². The minimum absolute atomic E-state index is 0.0494. The largest absolute Gasteiger partial charge is 0.456 e. The summed E-state index contributed by atoms with van der Waals surface area (Å²) < 4.78 is 76.4. The summed E-state index contributed by atoms with van der Waals surface area (Å²) in [6.07, 6.45) is 0.0967. The highest BCUT2D eigenvalue weighted by Gasteiger charge is 2.28. The molecule has 58 heavy (non-hydrogen) atoms. The summed E-state index contributed by atoms with van der Waals surface area (Å²) in [5, 5.41) is 5.59. The van der Waals surface area contributed by atoms with Crippen molar-refractivity contribution in [1.82, 2.24) is 0 Å². The standard InChI is InChI=1S/C50H36F3NO3S/c1-32-26-41(58(54,55)56)24-25-42(32)47-30-36(27-33-28-38(52)31-39(53)29-33)48(45-18-10-8-16-43(45)34-12-4-2-5-13-34)50(57-40-14-6-3-7-15-40)49(47)46-19-11-9-17-44(46)35-20-22-37(51)23-21-35/h2-26,28-31H,27H2,1H3,(H2,54,55,56). The van der Waals surface area contributed by atoms with Crippen LogP contribution in [-0.4, -0.2) is 8.42 Å². The number of para-hydroxylation sites is 1. The van der Waals surface area contributed by atoms with Crippen LogP contribution in [0.2, 0.25) is 0 Å². The normalized spacial score (nSPS) is 11.4. The van der Waals surface area contributed by atoms with E-state index in [-0.39, 0.29) is 17.1 Å². The van der Waals surface area contributed by atoms with Gasteiger partial charge in [-0.25, -0.2) is 26.7 Å². The van der Waals surface area contributed by atoms with Gasteiger partial charge in [0.2, 0.25) is 10.0 Å². The van der Waals surface area contributed by atoms with Crippen molar-refractivity contribution in [1.29, 1.82) is 0 Å². The molecule has 0 aliphatic rings. The fourth-order valence-corrected chi connectivity index (χ4v) is 8.13. The van der Waals surface area contributed by atoms with Gasteiger partial charge in [-0.05, 0) is 129 Å². The second-order valence-corrected chi connectivity index (χ2v) is 15.6. The molecule has 0 aromatic heterocycles. The third-order valence-corrected chi connectivity index (χ3v) is 11.0. The lowest BCUT2D eigenvalue weighted by molar-refractivity contribution is 0.486. The number of nitrogens with two attached hydrogens (primary N) is 1. The molecule has 8 aromatic rings. The highest BCUT2D eigenvalue weighted by molar-refractivity contribution is 7.89. The molecule has 0 radical (unpaired) electrons. The van der Waals surface area contributed by atoms with Crippen LogP contribution in [0.3, 0.4) is 0 Å². The van der Waals surface area contributed by atoms with Crippen LogP contribution in [0.15, 0.2) is 181 Å². The average Bonchev–Trinajstić information content (AvgIpc) is 3.21. The Bertz CT molecular complexity index is 2880. The Morgan fingerprint density at radius 1 is 0.500 bits per heavy atom. The Kier molecular flexibility index (Phi) is 10.5. The highest BCUT2D eigenvalue weighted by Crippen LogP contribution is 2.53. The van der Waals surface area contributed by atoms with E-state index in [1.807, 2.05) is 115 Å². The molecule has 0 aliphatic carbocycles. The topological polar surface area (TPSA) is 69.4 Å². The second kappa shape index (κ2) is 16.0. The van der Waals surface area contributed by atoms with E-state index in [9.17, 15) is 21.6 Å². The molecule has 2 N–H and O–H groups in total. The number of hydrogen-bond acceptors (Lipinski definition) is 3. The van der Waals surface area contributed by atoms with Gasteiger partial charge in [-0.15, -0.1) is 0 Å². The minimum atomic E-state index is -4.04. The van der Waals surface area contributed by atoms with Crippen molar-refractivity contribution in [2.45, 2.75) is 18.2 Å². The number of sulfonamides is 1. The first-order chi connectivity index (χ1) is 28.0. The quantitative estimate of drug-likeness (QED) is 0.150. The molecule has 4 nitrogen and oxygen atoms in total. The molecular weight excluding hydrogens is 752 g/mol. The first-order valence-electron chi connectivity index (χ1n) is 18.6. The Hall–Kier alpha value is -6.74. The molecule has 0 atom stereocenters. The van der Waals surface area contributed by atoms with Crippen LogP contribution < -0.4 is 9.88 Å². The minimum Gasteiger partial charge on any atom is -0.456 e. The number of halogens is 3. The number of aryl methyl sites for hydroxylation is 1. The van der Waals surface area contributed by atoms with Crippen molar-refractivity contribution in [3.05, 3.63) is 210 Å². The van der Waals surface area contributed by atoms with Gasteiger partial charge in [0.15, 0.2) is 0 Å². The van der Waals surface area contributed by atoms with Crippen LogP contribution in [0.25, 0.3) is 55.6 Å². The molecule has 0 unspecified atom stereocenters. The van der Waals surface area contributed by atoms with E-state index in [0.717, 1.165) is 39.4 Å². The molecule has 0 saturated carbocycles. The zero-order valence-corrected chi connectivity index (χ0v) is 32.1. The third kappa shape index (κ3) is 7.93. The van der Waals surface area contributed by atoms with Gasteiger partial charge in [0.1, 0.15) is 29.0 Å². The van der Waals surface area contributed by atoms with Gasteiger partial charge in [-0.1, -0.05) is 115 Å².